The average molecular weight is 379 g/mol. The van der Waals surface area contributed by atoms with Crippen LogP contribution in [0.2, 0.25) is 5.02 Å². The molecule has 7 nitrogen and oxygen atoms in total. The Morgan fingerprint density at radius 3 is 2.63 bits per heavy atom. The van der Waals surface area contributed by atoms with Gasteiger partial charge in [-0.3, -0.25) is 9.89 Å². The average Bonchev–Trinajstić information content (AvgIpc) is 3.07. The number of hydrogen-bond acceptors (Lipinski definition) is 5. The lowest BCUT2D eigenvalue weighted by atomic mass is 10.1. The Morgan fingerprint density at radius 1 is 1.07 bits per heavy atom. The van der Waals surface area contributed by atoms with Crippen molar-refractivity contribution in [3.05, 3.63) is 59.9 Å². The highest BCUT2D eigenvalue weighted by molar-refractivity contribution is 6.30. The van der Waals surface area contributed by atoms with Crippen molar-refractivity contribution in [2.45, 2.75) is 6.92 Å². The number of aromatic amines is 1. The molecule has 0 aliphatic rings. The Hall–Kier alpha value is -3.45. The number of aromatic nitrogens is 4. The van der Waals surface area contributed by atoms with E-state index in [9.17, 15) is 4.79 Å². The Bertz CT molecular complexity index is 1120. The maximum Gasteiger partial charge on any atom is 0.221 e. The monoisotopic (exact) mass is 378 g/mol. The molecule has 2 aromatic carbocycles. The molecular weight excluding hydrogens is 364 g/mol. The summed E-state index contributed by atoms with van der Waals surface area (Å²) in [4.78, 5) is 19.8. The highest BCUT2D eigenvalue weighted by atomic mass is 35.5. The summed E-state index contributed by atoms with van der Waals surface area (Å²) in [6.07, 6.45) is 1.47. The first-order valence-electron chi connectivity index (χ1n) is 8.20. The molecule has 0 aliphatic carbocycles. The zero-order valence-corrected chi connectivity index (χ0v) is 15.1. The third kappa shape index (κ3) is 3.58. The Morgan fingerprint density at radius 2 is 1.89 bits per heavy atom. The van der Waals surface area contributed by atoms with Crippen molar-refractivity contribution in [1.82, 2.24) is 20.2 Å². The lowest BCUT2D eigenvalue weighted by Gasteiger charge is -2.08. The topological polar surface area (TPSA) is 95.6 Å². The first-order chi connectivity index (χ1) is 13.1. The van der Waals surface area contributed by atoms with Crippen LogP contribution in [0, 0.1) is 0 Å². The van der Waals surface area contributed by atoms with Gasteiger partial charge in [0.25, 0.3) is 0 Å². The number of anilines is 3. The van der Waals surface area contributed by atoms with Crippen LogP contribution in [0.25, 0.3) is 22.3 Å². The summed E-state index contributed by atoms with van der Waals surface area (Å²) >= 11 is 6.06. The van der Waals surface area contributed by atoms with E-state index in [1.165, 1.54) is 13.3 Å². The van der Waals surface area contributed by atoms with Crippen LogP contribution in [0.15, 0.2) is 54.9 Å². The molecule has 0 saturated heterocycles. The molecule has 0 unspecified atom stereocenters. The molecule has 1 amide bonds. The first kappa shape index (κ1) is 17.0. The van der Waals surface area contributed by atoms with Crippen molar-refractivity contribution in [2.75, 3.05) is 10.6 Å². The normalized spacial score (nSPS) is 10.7. The van der Waals surface area contributed by atoms with Gasteiger partial charge >= 0.3 is 0 Å². The molecule has 0 atom stereocenters. The lowest BCUT2D eigenvalue weighted by Crippen LogP contribution is -2.05. The van der Waals surface area contributed by atoms with E-state index in [4.69, 9.17) is 11.6 Å². The summed E-state index contributed by atoms with van der Waals surface area (Å²) in [6.45, 7) is 1.47. The number of fused-ring (bicyclic) bond motifs is 1. The summed E-state index contributed by atoms with van der Waals surface area (Å²) in [5.41, 5.74) is 3.74. The van der Waals surface area contributed by atoms with Gasteiger partial charge in [0, 0.05) is 28.9 Å². The van der Waals surface area contributed by atoms with Gasteiger partial charge in [0.2, 0.25) is 5.91 Å². The fourth-order valence-electron chi connectivity index (χ4n) is 2.78. The fourth-order valence-corrected chi connectivity index (χ4v) is 2.97. The third-order valence-corrected chi connectivity index (χ3v) is 4.16. The molecule has 2 heterocycles. The second-order valence-corrected chi connectivity index (χ2v) is 6.35. The van der Waals surface area contributed by atoms with Gasteiger partial charge in [-0.05, 0) is 30.3 Å². The number of rotatable bonds is 4. The van der Waals surface area contributed by atoms with E-state index in [0.29, 0.717) is 22.2 Å². The highest BCUT2D eigenvalue weighted by Gasteiger charge is 2.15. The number of benzene rings is 2. The second-order valence-electron chi connectivity index (χ2n) is 5.91. The van der Waals surface area contributed by atoms with Crippen molar-refractivity contribution in [2.24, 2.45) is 0 Å². The summed E-state index contributed by atoms with van der Waals surface area (Å²) in [5.74, 6) is 0.506. The smallest absolute Gasteiger partial charge is 0.221 e. The van der Waals surface area contributed by atoms with E-state index in [1.807, 2.05) is 48.5 Å². The van der Waals surface area contributed by atoms with Crippen molar-refractivity contribution in [3.63, 3.8) is 0 Å². The number of hydrogen-bond donors (Lipinski definition) is 3. The molecule has 2 aromatic heterocycles. The number of halogens is 1. The van der Waals surface area contributed by atoms with Crippen molar-refractivity contribution in [3.8, 4) is 11.3 Å². The van der Waals surface area contributed by atoms with Crippen LogP contribution in [0.1, 0.15) is 6.92 Å². The van der Waals surface area contributed by atoms with Gasteiger partial charge in [0.15, 0.2) is 5.65 Å². The predicted molar refractivity (Wildman–Crippen MR) is 106 cm³/mol. The molecule has 0 spiro atoms. The van der Waals surface area contributed by atoms with Gasteiger partial charge < -0.3 is 10.6 Å². The minimum Gasteiger partial charge on any atom is -0.339 e. The number of carbonyl (C=O) groups is 1. The van der Waals surface area contributed by atoms with Crippen molar-refractivity contribution in [1.29, 1.82) is 0 Å². The van der Waals surface area contributed by atoms with Gasteiger partial charge in [-0.25, -0.2) is 9.97 Å². The number of H-pyrrole nitrogens is 1. The highest BCUT2D eigenvalue weighted by Crippen LogP contribution is 2.32. The van der Waals surface area contributed by atoms with E-state index in [0.717, 1.165) is 22.3 Å². The molecule has 134 valence electrons. The van der Waals surface area contributed by atoms with E-state index < -0.39 is 0 Å². The molecule has 4 rings (SSSR count). The fraction of sp³-hybridized carbons (Fsp3) is 0.0526. The number of nitrogens with one attached hydrogen (secondary N) is 3. The predicted octanol–water partition coefficient (Wildman–Crippen LogP) is 4.38. The van der Waals surface area contributed by atoms with Crippen LogP contribution in [0.4, 0.5) is 17.2 Å². The second kappa shape index (κ2) is 7.05. The molecule has 0 radical (unpaired) electrons. The van der Waals surface area contributed by atoms with Gasteiger partial charge in [0.05, 0.1) is 5.39 Å². The Labute approximate surface area is 159 Å². The van der Waals surface area contributed by atoms with E-state index in [-0.39, 0.29) is 5.91 Å². The summed E-state index contributed by atoms with van der Waals surface area (Å²) in [7, 11) is 0. The lowest BCUT2D eigenvalue weighted by molar-refractivity contribution is -0.114. The van der Waals surface area contributed by atoms with Crippen LogP contribution < -0.4 is 10.6 Å². The first-order valence-corrected chi connectivity index (χ1v) is 8.57. The minimum absolute atomic E-state index is 0.116. The summed E-state index contributed by atoms with van der Waals surface area (Å²) in [5, 5.41) is 14.7. The number of amides is 1. The van der Waals surface area contributed by atoms with Crippen LogP contribution >= 0.6 is 11.6 Å². The molecule has 0 bridgehead atoms. The van der Waals surface area contributed by atoms with E-state index in [2.05, 4.69) is 30.8 Å². The minimum atomic E-state index is -0.116. The number of nitrogens with zero attached hydrogens (tertiary/aromatic N) is 3. The SMILES string of the molecule is CC(=O)Nc1ccc(-c2n[nH]c3ncnc(Nc4cccc(Cl)c4)c23)cc1. The van der Waals surface area contributed by atoms with E-state index in [1.54, 1.807) is 0 Å². The van der Waals surface area contributed by atoms with Gasteiger partial charge in [0.1, 0.15) is 17.8 Å². The Kier molecular flexibility index (Phi) is 4.43. The molecule has 0 aliphatic heterocycles. The molecule has 0 fully saturated rings. The van der Waals surface area contributed by atoms with Crippen LogP contribution in [-0.2, 0) is 4.79 Å². The van der Waals surface area contributed by atoms with Gasteiger partial charge in [-0.2, -0.15) is 5.10 Å². The third-order valence-electron chi connectivity index (χ3n) is 3.92. The van der Waals surface area contributed by atoms with Crippen molar-refractivity contribution >= 4 is 45.7 Å². The number of carbonyl (C=O) groups excluding carboxylic acids is 1. The molecule has 4 aromatic rings. The quantitative estimate of drug-likeness (QED) is 0.490. The van der Waals surface area contributed by atoms with Crippen LogP contribution in [-0.4, -0.2) is 26.1 Å². The largest absolute Gasteiger partial charge is 0.339 e. The Balaban J connectivity index is 1.75. The molecule has 8 heteroatoms. The van der Waals surface area contributed by atoms with E-state index >= 15 is 0 Å². The summed E-state index contributed by atoms with van der Waals surface area (Å²) in [6, 6.07) is 14.8. The zero-order valence-electron chi connectivity index (χ0n) is 14.3. The molecule has 3 N–H and O–H groups in total. The van der Waals surface area contributed by atoms with Gasteiger partial charge in [-0.1, -0.05) is 29.8 Å². The van der Waals surface area contributed by atoms with Crippen LogP contribution in [0.3, 0.4) is 0 Å². The standard InChI is InChI=1S/C19H15ClN6O/c1-11(27)23-14-7-5-12(6-8-14)17-16-18(21-10-22-19(16)26-25-17)24-15-4-2-3-13(20)9-15/h2-10H,1H3,(H,23,27)(H2,21,22,24,25,26). The van der Waals surface area contributed by atoms with Crippen molar-refractivity contribution < 1.29 is 4.79 Å². The molecular formula is C19H15ClN6O. The summed E-state index contributed by atoms with van der Waals surface area (Å²) < 4.78 is 0. The maximum atomic E-state index is 11.2. The maximum absolute atomic E-state index is 11.2. The zero-order chi connectivity index (χ0) is 18.8. The van der Waals surface area contributed by atoms with Crippen LogP contribution in [0.5, 0.6) is 0 Å². The van der Waals surface area contributed by atoms with Gasteiger partial charge in [-0.15, -0.1) is 0 Å². The molecule has 0 saturated carbocycles. The molecule has 27 heavy (non-hydrogen) atoms.